The number of piperidine rings is 1. The second kappa shape index (κ2) is 6.61. The van der Waals surface area contributed by atoms with Crippen molar-refractivity contribution in [1.82, 2.24) is 5.32 Å². The van der Waals surface area contributed by atoms with Crippen LogP contribution in [-0.4, -0.2) is 24.7 Å². The third kappa shape index (κ3) is 4.57. The Balaban J connectivity index is 2.27. The van der Waals surface area contributed by atoms with Crippen LogP contribution in [0.2, 0.25) is 0 Å². The number of nitrogens with one attached hydrogen (secondary N) is 1. The quantitative estimate of drug-likeness (QED) is 0.867. The molecule has 1 aliphatic rings. The number of ether oxygens (including phenoxy) is 1. The number of aryl methyl sites for hydroxylation is 1. The Hall–Kier alpha value is -1.35. The highest BCUT2D eigenvalue weighted by atomic mass is 16.6. The van der Waals surface area contributed by atoms with E-state index in [0.29, 0.717) is 5.92 Å². The number of carbonyl (C=O) groups is 1. The zero-order chi connectivity index (χ0) is 15.5. The molecule has 21 heavy (non-hydrogen) atoms. The Morgan fingerprint density at radius 3 is 2.52 bits per heavy atom. The molecule has 1 N–H and O–H groups in total. The van der Waals surface area contributed by atoms with Crippen LogP contribution in [0, 0.1) is 12.8 Å². The lowest BCUT2D eigenvalue weighted by atomic mass is 9.80. The number of hydrogen-bond donors (Lipinski definition) is 1. The average Bonchev–Trinajstić information content (AvgIpc) is 2.38. The lowest BCUT2D eigenvalue weighted by Crippen LogP contribution is -2.36. The van der Waals surface area contributed by atoms with Gasteiger partial charge in [-0.15, -0.1) is 0 Å². The summed E-state index contributed by atoms with van der Waals surface area (Å²) in [6.07, 6.45) is 2.05. The van der Waals surface area contributed by atoms with E-state index < -0.39 is 5.60 Å². The Kier molecular flexibility index (Phi) is 5.04. The molecule has 3 heteroatoms. The van der Waals surface area contributed by atoms with E-state index in [1.165, 1.54) is 5.56 Å². The third-order valence-electron chi connectivity index (χ3n) is 3.92. The van der Waals surface area contributed by atoms with Crippen LogP contribution in [0.5, 0.6) is 0 Å². The highest BCUT2D eigenvalue weighted by Crippen LogP contribution is 2.33. The second-order valence-electron chi connectivity index (χ2n) is 7.01. The van der Waals surface area contributed by atoms with Crippen LogP contribution in [0.3, 0.4) is 0 Å². The first-order valence-electron chi connectivity index (χ1n) is 7.87. The fourth-order valence-corrected chi connectivity index (χ4v) is 3.01. The van der Waals surface area contributed by atoms with Crippen molar-refractivity contribution in [2.24, 2.45) is 5.92 Å². The van der Waals surface area contributed by atoms with Crippen LogP contribution in [-0.2, 0) is 9.53 Å². The van der Waals surface area contributed by atoms with E-state index in [9.17, 15) is 4.79 Å². The van der Waals surface area contributed by atoms with Crippen LogP contribution in [0.15, 0.2) is 24.3 Å². The summed E-state index contributed by atoms with van der Waals surface area (Å²) in [5.41, 5.74) is 1.85. The molecule has 1 fully saturated rings. The van der Waals surface area contributed by atoms with Gasteiger partial charge in [-0.25, -0.2) is 0 Å². The number of benzene rings is 1. The summed E-state index contributed by atoms with van der Waals surface area (Å²) >= 11 is 0. The molecule has 1 aromatic carbocycles. The van der Waals surface area contributed by atoms with E-state index in [2.05, 4.69) is 30.4 Å². The molecule has 1 saturated heterocycles. The summed E-state index contributed by atoms with van der Waals surface area (Å²) < 4.78 is 5.69. The van der Waals surface area contributed by atoms with Gasteiger partial charge in [0.2, 0.25) is 0 Å². The normalized spacial score (nSPS) is 18.3. The molecule has 0 bridgehead atoms. The first-order valence-corrected chi connectivity index (χ1v) is 7.87. The van der Waals surface area contributed by atoms with Gasteiger partial charge in [-0.05, 0) is 65.1 Å². The maximum absolute atomic E-state index is 12.7. The van der Waals surface area contributed by atoms with Crippen LogP contribution < -0.4 is 5.32 Å². The SMILES string of the molecule is Cc1cccc(C(C(=O)OC(C)(C)C)C2CCNCC2)c1. The van der Waals surface area contributed by atoms with E-state index in [1.807, 2.05) is 26.8 Å². The van der Waals surface area contributed by atoms with Crippen LogP contribution in [0.25, 0.3) is 0 Å². The molecule has 1 aliphatic heterocycles. The molecular weight excluding hydrogens is 262 g/mol. The monoisotopic (exact) mass is 289 g/mol. The number of hydrogen-bond acceptors (Lipinski definition) is 3. The molecule has 0 amide bonds. The first kappa shape index (κ1) is 16.0. The van der Waals surface area contributed by atoms with Gasteiger partial charge in [0.15, 0.2) is 0 Å². The smallest absolute Gasteiger partial charge is 0.314 e. The molecule has 0 spiro atoms. The Bertz CT molecular complexity index is 484. The lowest BCUT2D eigenvalue weighted by molar-refractivity contribution is -0.158. The summed E-state index contributed by atoms with van der Waals surface area (Å²) in [6, 6.07) is 8.28. The van der Waals surface area contributed by atoms with E-state index in [4.69, 9.17) is 4.74 Å². The molecule has 3 nitrogen and oxygen atoms in total. The predicted molar refractivity (Wildman–Crippen MR) is 85.4 cm³/mol. The van der Waals surface area contributed by atoms with Crippen LogP contribution in [0.4, 0.5) is 0 Å². The zero-order valence-electron chi connectivity index (χ0n) is 13.6. The van der Waals surface area contributed by atoms with Crippen molar-refractivity contribution in [3.63, 3.8) is 0 Å². The summed E-state index contributed by atoms with van der Waals surface area (Å²) in [5.74, 6) is 0.133. The fraction of sp³-hybridized carbons (Fsp3) is 0.611. The van der Waals surface area contributed by atoms with Crippen molar-refractivity contribution >= 4 is 5.97 Å². The minimum atomic E-state index is -0.438. The highest BCUT2D eigenvalue weighted by Gasteiger charge is 2.34. The van der Waals surface area contributed by atoms with Gasteiger partial charge in [0, 0.05) is 0 Å². The minimum Gasteiger partial charge on any atom is -0.459 e. The largest absolute Gasteiger partial charge is 0.459 e. The summed E-state index contributed by atoms with van der Waals surface area (Å²) in [7, 11) is 0. The van der Waals surface area contributed by atoms with E-state index >= 15 is 0 Å². The molecule has 1 aromatic rings. The molecule has 1 atom stereocenters. The van der Waals surface area contributed by atoms with Gasteiger partial charge >= 0.3 is 5.97 Å². The Morgan fingerprint density at radius 1 is 1.29 bits per heavy atom. The van der Waals surface area contributed by atoms with E-state index in [1.54, 1.807) is 0 Å². The van der Waals surface area contributed by atoms with Gasteiger partial charge in [-0.3, -0.25) is 4.79 Å². The average molecular weight is 289 g/mol. The molecule has 0 saturated carbocycles. The van der Waals surface area contributed by atoms with Crippen LogP contribution >= 0.6 is 0 Å². The summed E-state index contributed by atoms with van der Waals surface area (Å²) in [5, 5.41) is 3.37. The van der Waals surface area contributed by atoms with Gasteiger partial charge in [0.05, 0.1) is 5.92 Å². The summed E-state index contributed by atoms with van der Waals surface area (Å²) in [4.78, 5) is 12.7. The predicted octanol–water partition coefficient (Wildman–Crippen LogP) is 3.42. The Labute approximate surface area is 128 Å². The minimum absolute atomic E-state index is 0.0833. The molecule has 1 heterocycles. The van der Waals surface area contributed by atoms with Gasteiger partial charge in [-0.2, -0.15) is 0 Å². The van der Waals surface area contributed by atoms with Crippen molar-refractivity contribution in [2.75, 3.05) is 13.1 Å². The number of rotatable bonds is 3. The molecule has 0 aliphatic carbocycles. The lowest BCUT2D eigenvalue weighted by Gasteiger charge is -2.32. The number of esters is 1. The molecule has 0 radical (unpaired) electrons. The standard InChI is InChI=1S/C18H27NO2/c1-13-6-5-7-15(12-13)16(14-8-10-19-11-9-14)17(20)21-18(2,3)4/h5-7,12,14,16,19H,8-11H2,1-4H3. The first-order chi connectivity index (χ1) is 9.87. The van der Waals surface area contributed by atoms with Crippen molar-refractivity contribution in [3.8, 4) is 0 Å². The van der Waals surface area contributed by atoms with E-state index in [0.717, 1.165) is 31.5 Å². The second-order valence-corrected chi connectivity index (χ2v) is 7.01. The topological polar surface area (TPSA) is 38.3 Å². The molecule has 1 unspecified atom stereocenters. The highest BCUT2D eigenvalue weighted by molar-refractivity contribution is 5.79. The molecular formula is C18H27NO2. The molecule has 0 aromatic heterocycles. The maximum Gasteiger partial charge on any atom is 0.314 e. The Morgan fingerprint density at radius 2 is 1.95 bits per heavy atom. The third-order valence-corrected chi connectivity index (χ3v) is 3.92. The fourth-order valence-electron chi connectivity index (χ4n) is 3.01. The van der Waals surface area contributed by atoms with Crippen molar-refractivity contribution < 1.29 is 9.53 Å². The van der Waals surface area contributed by atoms with E-state index in [-0.39, 0.29) is 11.9 Å². The van der Waals surface area contributed by atoms with Gasteiger partial charge < -0.3 is 10.1 Å². The van der Waals surface area contributed by atoms with Crippen LogP contribution in [0.1, 0.15) is 50.7 Å². The number of carbonyl (C=O) groups excluding carboxylic acids is 1. The van der Waals surface area contributed by atoms with Gasteiger partial charge in [0.25, 0.3) is 0 Å². The van der Waals surface area contributed by atoms with Gasteiger partial charge in [-0.1, -0.05) is 29.8 Å². The van der Waals surface area contributed by atoms with Crippen molar-refractivity contribution in [1.29, 1.82) is 0 Å². The maximum atomic E-state index is 12.7. The molecule has 116 valence electrons. The van der Waals surface area contributed by atoms with Crippen molar-refractivity contribution in [2.45, 2.75) is 52.1 Å². The van der Waals surface area contributed by atoms with Gasteiger partial charge in [0.1, 0.15) is 5.60 Å². The van der Waals surface area contributed by atoms with Crippen molar-refractivity contribution in [3.05, 3.63) is 35.4 Å². The summed E-state index contributed by atoms with van der Waals surface area (Å²) in [6.45, 7) is 9.82. The molecule has 2 rings (SSSR count). The zero-order valence-corrected chi connectivity index (χ0v) is 13.6.